The number of hydrogen-bond donors (Lipinski definition) is 2. The largest absolute Gasteiger partial charge is 0.480 e. The number of fused-ring (bicyclic) bond motifs is 1. The maximum absolute atomic E-state index is 12.5. The van der Waals surface area contributed by atoms with Gasteiger partial charge < -0.3 is 19.6 Å². The van der Waals surface area contributed by atoms with Crippen LogP contribution in [0.4, 0.5) is 0 Å². The average molecular weight is 418 g/mol. The van der Waals surface area contributed by atoms with E-state index in [1.807, 2.05) is 13.0 Å². The van der Waals surface area contributed by atoms with E-state index in [4.69, 9.17) is 9.15 Å². The third-order valence-electron chi connectivity index (χ3n) is 5.13. The van der Waals surface area contributed by atoms with Gasteiger partial charge in [0.05, 0.1) is 0 Å². The minimum atomic E-state index is -1.06. The van der Waals surface area contributed by atoms with Crippen LogP contribution in [0.3, 0.4) is 0 Å². The lowest BCUT2D eigenvalue weighted by molar-refractivity contribution is -0.143. The second-order valence-corrected chi connectivity index (χ2v) is 7.56. The molecule has 1 aromatic carbocycles. The number of carboxylic acids is 1. The molecular formula is C23H31NO6. The average Bonchev–Trinajstić information content (AvgIpc) is 2.71. The van der Waals surface area contributed by atoms with E-state index in [1.165, 1.54) is 6.07 Å². The fraction of sp³-hybridized carbons (Fsp3) is 0.522. The molecular weight excluding hydrogens is 386 g/mol. The first-order valence-electron chi connectivity index (χ1n) is 10.5. The molecule has 1 aromatic heterocycles. The fourth-order valence-electron chi connectivity index (χ4n) is 3.31. The summed E-state index contributed by atoms with van der Waals surface area (Å²) >= 11 is 0. The van der Waals surface area contributed by atoms with Crippen LogP contribution in [0.1, 0.15) is 64.0 Å². The van der Waals surface area contributed by atoms with Crippen molar-refractivity contribution in [2.45, 2.75) is 78.4 Å². The van der Waals surface area contributed by atoms with Crippen molar-refractivity contribution in [1.82, 2.24) is 5.32 Å². The van der Waals surface area contributed by atoms with Gasteiger partial charge in [-0.15, -0.1) is 0 Å². The minimum Gasteiger partial charge on any atom is -0.480 e. The Bertz CT molecular complexity index is 949. The molecule has 2 aromatic rings. The summed E-state index contributed by atoms with van der Waals surface area (Å²) in [6.07, 6.45) is 3.78. The molecule has 0 bridgehead atoms. The van der Waals surface area contributed by atoms with Crippen LogP contribution in [-0.2, 0) is 16.0 Å². The Morgan fingerprint density at radius 3 is 2.53 bits per heavy atom. The third kappa shape index (κ3) is 5.84. The lowest BCUT2D eigenvalue weighted by Gasteiger charge is -2.20. The van der Waals surface area contributed by atoms with Crippen molar-refractivity contribution in [3.8, 4) is 5.75 Å². The summed E-state index contributed by atoms with van der Waals surface area (Å²) in [5, 5.41) is 12.7. The highest BCUT2D eigenvalue weighted by molar-refractivity contribution is 5.87. The van der Waals surface area contributed by atoms with Gasteiger partial charge in [0.25, 0.3) is 5.91 Å². The molecule has 0 saturated carbocycles. The van der Waals surface area contributed by atoms with Gasteiger partial charge >= 0.3 is 11.6 Å². The van der Waals surface area contributed by atoms with E-state index < -0.39 is 29.6 Å². The SMILES string of the molecule is CCCCc1cc(=O)oc2c(C)c(O[C@H](C)C(=O)N[C@H](CCCC)C(=O)O)ccc12. The van der Waals surface area contributed by atoms with Crippen molar-refractivity contribution in [3.63, 3.8) is 0 Å². The van der Waals surface area contributed by atoms with Crippen molar-refractivity contribution in [1.29, 1.82) is 0 Å². The Kier molecular flexibility index (Phi) is 8.45. The van der Waals surface area contributed by atoms with E-state index in [1.54, 1.807) is 19.9 Å². The van der Waals surface area contributed by atoms with Crippen LogP contribution < -0.4 is 15.7 Å². The van der Waals surface area contributed by atoms with E-state index in [-0.39, 0.29) is 0 Å². The van der Waals surface area contributed by atoms with Gasteiger partial charge in [0, 0.05) is 17.0 Å². The summed E-state index contributed by atoms with van der Waals surface area (Å²) in [7, 11) is 0. The van der Waals surface area contributed by atoms with Crippen molar-refractivity contribution in [2.24, 2.45) is 0 Å². The first kappa shape index (κ1) is 23.4. The molecule has 2 rings (SSSR count). The van der Waals surface area contributed by atoms with Crippen molar-refractivity contribution >= 4 is 22.8 Å². The zero-order valence-corrected chi connectivity index (χ0v) is 18.1. The van der Waals surface area contributed by atoms with Crippen molar-refractivity contribution < 1.29 is 23.8 Å². The smallest absolute Gasteiger partial charge is 0.336 e. The molecule has 1 amide bonds. The van der Waals surface area contributed by atoms with Crippen LogP contribution in [-0.4, -0.2) is 29.1 Å². The van der Waals surface area contributed by atoms with Gasteiger partial charge in [-0.1, -0.05) is 33.1 Å². The van der Waals surface area contributed by atoms with Gasteiger partial charge in [-0.25, -0.2) is 9.59 Å². The summed E-state index contributed by atoms with van der Waals surface area (Å²) in [6, 6.07) is 4.16. The molecule has 0 saturated heterocycles. The number of hydrogen-bond acceptors (Lipinski definition) is 5. The number of nitrogens with one attached hydrogen (secondary N) is 1. The zero-order valence-electron chi connectivity index (χ0n) is 18.1. The molecule has 0 unspecified atom stereocenters. The lowest BCUT2D eigenvalue weighted by Crippen LogP contribution is -2.46. The van der Waals surface area contributed by atoms with Crippen LogP contribution in [0, 0.1) is 6.92 Å². The number of carbonyl (C=O) groups excluding carboxylic acids is 1. The van der Waals surface area contributed by atoms with E-state index >= 15 is 0 Å². The molecule has 164 valence electrons. The molecule has 0 fully saturated rings. The fourth-order valence-corrected chi connectivity index (χ4v) is 3.31. The summed E-state index contributed by atoms with van der Waals surface area (Å²) in [4.78, 5) is 35.8. The van der Waals surface area contributed by atoms with E-state index in [0.717, 1.165) is 36.6 Å². The third-order valence-corrected chi connectivity index (χ3v) is 5.13. The Hall–Kier alpha value is -2.83. The first-order valence-corrected chi connectivity index (χ1v) is 10.5. The highest BCUT2D eigenvalue weighted by atomic mass is 16.5. The van der Waals surface area contributed by atoms with Gasteiger partial charge in [-0.3, -0.25) is 4.79 Å². The predicted octanol–water partition coefficient (Wildman–Crippen LogP) is 3.97. The van der Waals surface area contributed by atoms with Crippen LogP contribution in [0.25, 0.3) is 11.0 Å². The van der Waals surface area contributed by atoms with Gasteiger partial charge in [0.2, 0.25) is 0 Å². The summed E-state index contributed by atoms with van der Waals surface area (Å²) in [6.45, 7) is 7.39. The normalized spacial score (nSPS) is 13.1. The molecule has 0 aliphatic carbocycles. The number of rotatable bonds is 11. The number of aliphatic carboxylic acids is 1. The van der Waals surface area contributed by atoms with Crippen LogP contribution in [0.15, 0.2) is 27.4 Å². The van der Waals surface area contributed by atoms with Gasteiger partial charge in [-0.05, 0) is 50.8 Å². The predicted molar refractivity (Wildman–Crippen MR) is 115 cm³/mol. The Morgan fingerprint density at radius 1 is 1.20 bits per heavy atom. The summed E-state index contributed by atoms with van der Waals surface area (Å²) in [5.41, 5.74) is 1.59. The van der Waals surface area contributed by atoms with Crippen LogP contribution >= 0.6 is 0 Å². The van der Waals surface area contributed by atoms with Gasteiger partial charge in [-0.2, -0.15) is 0 Å². The zero-order chi connectivity index (χ0) is 22.3. The number of carbonyl (C=O) groups is 2. The first-order chi connectivity index (χ1) is 14.3. The number of aryl methyl sites for hydroxylation is 2. The van der Waals surface area contributed by atoms with Gasteiger partial charge in [0.1, 0.15) is 17.4 Å². The van der Waals surface area contributed by atoms with Crippen molar-refractivity contribution in [3.05, 3.63) is 39.7 Å². The standard InChI is InChI=1S/C23H31NO6/c1-5-7-9-16-13-20(25)30-21-14(3)19(12-11-17(16)21)29-15(4)22(26)24-18(23(27)28)10-8-6-2/h11-13,15,18H,5-10H2,1-4H3,(H,24,26)(H,27,28)/t15-,18-/m1/s1. The van der Waals surface area contributed by atoms with Crippen molar-refractivity contribution in [2.75, 3.05) is 0 Å². The summed E-state index contributed by atoms with van der Waals surface area (Å²) in [5.74, 6) is -1.15. The number of benzene rings is 1. The Balaban J connectivity index is 2.22. The highest BCUT2D eigenvalue weighted by Gasteiger charge is 2.24. The van der Waals surface area contributed by atoms with E-state index in [0.29, 0.717) is 29.7 Å². The second kappa shape index (κ2) is 10.8. The maximum atomic E-state index is 12.5. The van der Waals surface area contributed by atoms with Crippen LogP contribution in [0.5, 0.6) is 5.75 Å². The number of unbranched alkanes of at least 4 members (excludes halogenated alkanes) is 2. The molecule has 0 aliphatic rings. The number of ether oxygens (including phenoxy) is 1. The quantitative estimate of drug-likeness (QED) is 0.536. The highest BCUT2D eigenvalue weighted by Crippen LogP contribution is 2.29. The minimum absolute atomic E-state index is 0.366. The second-order valence-electron chi connectivity index (χ2n) is 7.56. The number of carboxylic acid groups (broad SMARTS) is 1. The van der Waals surface area contributed by atoms with Crippen LogP contribution in [0.2, 0.25) is 0 Å². The van der Waals surface area contributed by atoms with Gasteiger partial charge in [0.15, 0.2) is 6.10 Å². The lowest BCUT2D eigenvalue weighted by atomic mass is 10.0. The maximum Gasteiger partial charge on any atom is 0.336 e. The molecule has 2 N–H and O–H groups in total. The Labute approximate surface area is 176 Å². The molecule has 2 atom stereocenters. The molecule has 0 spiro atoms. The molecule has 1 heterocycles. The van der Waals surface area contributed by atoms with E-state index in [9.17, 15) is 19.5 Å². The topological polar surface area (TPSA) is 106 Å². The van der Waals surface area contributed by atoms with E-state index in [2.05, 4.69) is 12.2 Å². The molecule has 30 heavy (non-hydrogen) atoms. The molecule has 0 aliphatic heterocycles. The molecule has 0 radical (unpaired) electrons. The Morgan fingerprint density at radius 2 is 1.90 bits per heavy atom. The monoisotopic (exact) mass is 417 g/mol. The number of amides is 1. The summed E-state index contributed by atoms with van der Waals surface area (Å²) < 4.78 is 11.2. The molecule has 7 heteroatoms. The molecule has 7 nitrogen and oxygen atoms in total.